The van der Waals surface area contributed by atoms with Crippen molar-refractivity contribution in [1.29, 1.82) is 0 Å². The minimum Gasteiger partial charge on any atom is -0.313 e. The fraction of sp³-hybridized carbons (Fsp3) is 0.750. The summed E-state index contributed by atoms with van der Waals surface area (Å²) in [6, 6.07) is 0.744. The zero-order valence-corrected chi connectivity index (χ0v) is 11.7. The second-order valence-electron chi connectivity index (χ2n) is 4.60. The third-order valence-electron chi connectivity index (χ3n) is 2.81. The van der Waals surface area contributed by atoms with Gasteiger partial charge in [-0.2, -0.15) is 11.8 Å². The molecule has 0 spiro atoms. The minimum absolute atomic E-state index is 0.568. The Morgan fingerprint density at radius 2 is 2.44 bits per heavy atom. The fourth-order valence-corrected chi connectivity index (χ4v) is 3.86. The molecular formula is C12H20N2S2. The van der Waals surface area contributed by atoms with E-state index in [-0.39, 0.29) is 0 Å². The van der Waals surface area contributed by atoms with Crippen molar-refractivity contribution in [2.75, 3.05) is 18.1 Å². The summed E-state index contributed by atoms with van der Waals surface area (Å²) in [4.78, 5) is 4.65. The van der Waals surface area contributed by atoms with E-state index in [1.807, 2.05) is 0 Å². The van der Waals surface area contributed by atoms with Gasteiger partial charge in [0.15, 0.2) is 0 Å². The standard InChI is InChI=1S/C12H20N2S2/c1-9(2)12-14-11(8-16-12)3-5-13-10-4-6-15-7-10/h8-10,13H,3-7H2,1-2H3. The number of aromatic nitrogens is 1. The van der Waals surface area contributed by atoms with Crippen LogP contribution >= 0.6 is 23.1 Å². The van der Waals surface area contributed by atoms with Gasteiger partial charge in [0.25, 0.3) is 0 Å². The largest absolute Gasteiger partial charge is 0.313 e. The van der Waals surface area contributed by atoms with Crippen LogP contribution in [0.15, 0.2) is 5.38 Å². The van der Waals surface area contributed by atoms with Crippen LogP contribution in [0.3, 0.4) is 0 Å². The van der Waals surface area contributed by atoms with Crippen LogP contribution in [0.2, 0.25) is 0 Å². The topological polar surface area (TPSA) is 24.9 Å². The van der Waals surface area contributed by atoms with Crippen molar-refractivity contribution in [1.82, 2.24) is 10.3 Å². The van der Waals surface area contributed by atoms with Gasteiger partial charge in [-0.15, -0.1) is 11.3 Å². The van der Waals surface area contributed by atoms with Gasteiger partial charge in [0.2, 0.25) is 0 Å². The first-order valence-corrected chi connectivity index (χ1v) is 8.04. The van der Waals surface area contributed by atoms with Crippen LogP contribution in [0.4, 0.5) is 0 Å². The van der Waals surface area contributed by atoms with Gasteiger partial charge < -0.3 is 5.32 Å². The number of hydrogen-bond donors (Lipinski definition) is 1. The lowest BCUT2D eigenvalue weighted by molar-refractivity contribution is 0.558. The molecule has 1 aliphatic heterocycles. The third-order valence-corrected chi connectivity index (χ3v) is 5.16. The Hall–Kier alpha value is -0.0600. The molecule has 2 nitrogen and oxygen atoms in total. The van der Waals surface area contributed by atoms with Crippen molar-refractivity contribution in [3.63, 3.8) is 0 Å². The molecule has 0 aliphatic carbocycles. The van der Waals surface area contributed by atoms with E-state index in [1.165, 1.54) is 28.6 Å². The quantitative estimate of drug-likeness (QED) is 0.877. The minimum atomic E-state index is 0.568. The van der Waals surface area contributed by atoms with Crippen molar-refractivity contribution in [2.24, 2.45) is 0 Å². The summed E-state index contributed by atoms with van der Waals surface area (Å²) >= 11 is 3.86. The maximum atomic E-state index is 4.65. The first kappa shape index (κ1) is 12.4. The Kier molecular flexibility index (Phi) is 4.67. The van der Waals surface area contributed by atoms with Crippen LogP contribution in [-0.4, -0.2) is 29.1 Å². The lowest BCUT2D eigenvalue weighted by atomic mass is 10.2. The van der Waals surface area contributed by atoms with Gasteiger partial charge in [-0.05, 0) is 12.2 Å². The highest BCUT2D eigenvalue weighted by atomic mass is 32.2. The normalized spacial score (nSPS) is 20.8. The summed E-state index contributed by atoms with van der Waals surface area (Å²) < 4.78 is 0. The first-order valence-electron chi connectivity index (χ1n) is 6.01. The molecule has 4 heteroatoms. The van der Waals surface area contributed by atoms with E-state index < -0.39 is 0 Å². The summed E-state index contributed by atoms with van der Waals surface area (Å²) in [7, 11) is 0. The molecule has 1 atom stereocenters. The molecule has 0 saturated carbocycles. The average Bonchev–Trinajstić information content (AvgIpc) is 2.87. The molecule has 1 aromatic heterocycles. The number of thiazole rings is 1. The number of thioether (sulfide) groups is 1. The fourth-order valence-electron chi connectivity index (χ4n) is 1.80. The zero-order chi connectivity index (χ0) is 11.4. The van der Waals surface area contributed by atoms with Crippen molar-refractivity contribution in [3.05, 3.63) is 16.1 Å². The molecular weight excluding hydrogens is 236 g/mol. The second-order valence-corrected chi connectivity index (χ2v) is 6.64. The van der Waals surface area contributed by atoms with Crippen molar-refractivity contribution in [3.8, 4) is 0 Å². The number of rotatable bonds is 5. The molecule has 0 amide bonds. The van der Waals surface area contributed by atoms with E-state index in [0.717, 1.165) is 19.0 Å². The van der Waals surface area contributed by atoms with E-state index in [4.69, 9.17) is 0 Å². The van der Waals surface area contributed by atoms with Crippen molar-refractivity contribution >= 4 is 23.1 Å². The van der Waals surface area contributed by atoms with Crippen LogP contribution in [0.1, 0.15) is 36.9 Å². The van der Waals surface area contributed by atoms with Gasteiger partial charge in [0, 0.05) is 36.1 Å². The lowest BCUT2D eigenvalue weighted by Gasteiger charge is -2.09. The Morgan fingerprint density at radius 1 is 1.56 bits per heavy atom. The van der Waals surface area contributed by atoms with E-state index in [1.54, 1.807) is 11.3 Å². The Morgan fingerprint density at radius 3 is 3.06 bits per heavy atom. The van der Waals surface area contributed by atoms with Crippen LogP contribution < -0.4 is 5.32 Å². The lowest BCUT2D eigenvalue weighted by Crippen LogP contribution is -2.30. The molecule has 1 N–H and O–H groups in total. The third kappa shape index (κ3) is 3.47. The molecule has 0 radical (unpaired) electrons. The van der Waals surface area contributed by atoms with Gasteiger partial charge >= 0.3 is 0 Å². The van der Waals surface area contributed by atoms with E-state index in [0.29, 0.717) is 5.92 Å². The molecule has 0 aromatic carbocycles. The number of hydrogen-bond acceptors (Lipinski definition) is 4. The van der Waals surface area contributed by atoms with Gasteiger partial charge in [0.05, 0.1) is 10.7 Å². The molecule has 0 bridgehead atoms. The van der Waals surface area contributed by atoms with E-state index in [2.05, 4.69) is 41.3 Å². The average molecular weight is 256 g/mol. The molecule has 2 heterocycles. The number of nitrogens with zero attached hydrogens (tertiary/aromatic N) is 1. The second kappa shape index (κ2) is 6.03. The summed E-state index contributed by atoms with van der Waals surface area (Å²) in [5, 5.41) is 7.09. The Bertz CT molecular complexity index is 317. The maximum absolute atomic E-state index is 4.65. The molecule has 1 fully saturated rings. The van der Waals surface area contributed by atoms with Gasteiger partial charge in [0.1, 0.15) is 0 Å². The highest BCUT2D eigenvalue weighted by molar-refractivity contribution is 7.99. The Labute approximate surface area is 106 Å². The predicted molar refractivity (Wildman–Crippen MR) is 73.6 cm³/mol. The van der Waals surface area contributed by atoms with Crippen LogP contribution in [0, 0.1) is 0 Å². The van der Waals surface area contributed by atoms with Gasteiger partial charge in [-0.3, -0.25) is 0 Å². The summed E-state index contributed by atoms with van der Waals surface area (Å²) in [5.74, 6) is 3.18. The molecule has 16 heavy (non-hydrogen) atoms. The highest BCUT2D eigenvalue weighted by Gasteiger charge is 2.14. The first-order chi connectivity index (χ1) is 7.75. The molecule has 1 unspecified atom stereocenters. The van der Waals surface area contributed by atoms with E-state index in [9.17, 15) is 0 Å². The summed E-state index contributed by atoms with van der Waals surface area (Å²) in [6.45, 7) is 5.49. The molecule has 1 aliphatic rings. The van der Waals surface area contributed by atoms with E-state index >= 15 is 0 Å². The van der Waals surface area contributed by atoms with Crippen LogP contribution in [0.5, 0.6) is 0 Å². The SMILES string of the molecule is CC(C)c1nc(CCNC2CCSC2)cs1. The summed E-state index contributed by atoms with van der Waals surface area (Å²) in [5.41, 5.74) is 1.26. The zero-order valence-electron chi connectivity index (χ0n) is 10.0. The smallest absolute Gasteiger partial charge is 0.0953 e. The molecule has 90 valence electrons. The predicted octanol–water partition coefficient (Wildman–Crippen LogP) is 2.90. The monoisotopic (exact) mass is 256 g/mol. The van der Waals surface area contributed by atoms with Crippen LogP contribution in [-0.2, 0) is 6.42 Å². The molecule has 1 aromatic rings. The number of nitrogens with one attached hydrogen (secondary N) is 1. The van der Waals surface area contributed by atoms with Gasteiger partial charge in [-0.1, -0.05) is 13.8 Å². The molecule has 1 saturated heterocycles. The van der Waals surface area contributed by atoms with Gasteiger partial charge in [-0.25, -0.2) is 4.98 Å². The highest BCUT2D eigenvalue weighted by Crippen LogP contribution is 2.20. The molecule has 2 rings (SSSR count). The Balaban J connectivity index is 1.72. The maximum Gasteiger partial charge on any atom is 0.0953 e. The van der Waals surface area contributed by atoms with Crippen molar-refractivity contribution in [2.45, 2.75) is 38.6 Å². The van der Waals surface area contributed by atoms with Crippen LogP contribution in [0.25, 0.3) is 0 Å². The summed E-state index contributed by atoms with van der Waals surface area (Å²) in [6.07, 6.45) is 2.41. The van der Waals surface area contributed by atoms with Crippen molar-refractivity contribution < 1.29 is 0 Å².